The summed E-state index contributed by atoms with van der Waals surface area (Å²) >= 11 is 1.41. The third kappa shape index (κ3) is 3.58. The number of carbonyl (C=O) groups excluding carboxylic acids is 3. The van der Waals surface area contributed by atoms with Crippen molar-refractivity contribution in [3.05, 3.63) is 76.2 Å². The van der Waals surface area contributed by atoms with E-state index in [1.807, 2.05) is 11.8 Å². The Kier molecular flexibility index (Phi) is 5.29. The highest BCUT2D eigenvalue weighted by Gasteiger charge is 2.49. The van der Waals surface area contributed by atoms with E-state index in [9.17, 15) is 18.8 Å². The third-order valence-corrected chi connectivity index (χ3v) is 8.62. The molecule has 3 atom stereocenters. The maximum absolute atomic E-state index is 13.9. The van der Waals surface area contributed by atoms with Gasteiger partial charge < -0.3 is 4.90 Å². The molecule has 0 spiro atoms. The number of nitrogens with zero attached hydrogens (tertiary/aromatic N) is 3. The zero-order valence-electron chi connectivity index (χ0n) is 19.2. The minimum absolute atomic E-state index is 0.189. The van der Waals surface area contributed by atoms with Crippen molar-refractivity contribution >= 4 is 29.1 Å². The second kappa shape index (κ2) is 8.37. The number of thiazole rings is 1. The van der Waals surface area contributed by atoms with Crippen molar-refractivity contribution in [1.82, 2.24) is 14.8 Å². The first-order chi connectivity index (χ1) is 16.9. The van der Waals surface area contributed by atoms with Crippen molar-refractivity contribution in [2.45, 2.75) is 32.2 Å². The fourth-order valence-electron chi connectivity index (χ4n) is 5.98. The molecule has 6 nitrogen and oxygen atoms in total. The van der Waals surface area contributed by atoms with Crippen LogP contribution in [0.2, 0.25) is 0 Å². The standard InChI is InChI=1S/C27H24FN3O3S/c1-15-29-23(24(35-15)16-9-11-18(28)12-10-16)27(34)30-13-17-5-4-8-19(17)22(30)14-31-25(32)20-6-2-3-7-21(20)26(31)33/h2-3,6-7,9-12,17,19,22H,4-5,8,13-14H2,1H3. The molecule has 1 saturated carbocycles. The van der Waals surface area contributed by atoms with Crippen LogP contribution < -0.4 is 0 Å². The van der Waals surface area contributed by atoms with Gasteiger partial charge in [0.15, 0.2) is 0 Å². The van der Waals surface area contributed by atoms with E-state index < -0.39 is 0 Å². The molecule has 3 aromatic rings. The molecule has 1 aliphatic carbocycles. The molecule has 3 unspecified atom stereocenters. The van der Waals surface area contributed by atoms with Gasteiger partial charge in [-0.15, -0.1) is 11.3 Å². The minimum atomic E-state index is -0.337. The van der Waals surface area contributed by atoms with E-state index in [4.69, 9.17) is 0 Å². The Morgan fingerprint density at radius 1 is 1.06 bits per heavy atom. The van der Waals surface area contributed by atoms with Gasteiger partial charge in [-0.3, -0.25) is 19.3 Å². The molecule has 2 fully saturated rings. The van der Waals surface area contributed by atoms with E-state index in [1.165, 1.54) is 28.4 Å². The van der Waals surface area contributed by atoms with Crippen molar-refractivity contribution in [1.29, 1.82) is 0 Å². The largest absolute Gasteiger partial charge is 0.332 e. The van der Waals surface area contributed by atoms with Crippen LogP contribution in [0.3, 0.4) is 0 Å². The monoisotopic (exact) mass is 489 g/mol. The van der Waals surface area contributed by atoms with Crippen LogP contribution in [0.25, 0.3) is 10.4 Å². The second-order valence-corrected chi connectivity index (χ2v) is 10.8. The van der Waals surface area contributed by atoms with Gasteiger partial charge in [0.25, 0.3) is 17.7 Å². The zero-order chi connectivity index (χ0) is 24.3. The predicted molar refractivity (Wildman–Crippen MR) is 130 cm³/mol. The summed E-state index contributed by atoms with van der Waals surface area (Å²) in [5.74, 6) is -0.516. The molecule has 6 rings (SSSR count). The number of fused-ring (bicyclic) bond motifs is 2. The molecule has 1 saturated heterocycles. The predicted octanol–water partition coefficient (Wildman–Crippen LogP) is 4.79. The van der Waals surface area contributed by atoms with Gasteiger partial charge in [0.2, 0.25) is 0 Å². The van der Waals surface area contributed by atoms with Gasteiger partial charge in [-0.2, -0.15) is 0 Å². The minimum Gasteiger partial charge on any atom is -0.332 e. The first-order valence-corrected chi connectivity index (χ1v) is 12.7. The normalized spacial score (nSPS) is 23.2. The fourth-order valence-corrected chi connectivity index (χ4v) is 6.90. The Morgan fingerprint density at radius 2 is 1.74 bits per heavy atom. The van der Waals surface area contributed by atoms with E-state index in [-0.39, 0.29) is 42.0 Å². The molecule has 3 heterocycles. The number of halogens is 1. The molecule has 3 amide bonds. The first kappa shape index (κ1) is 22.1. The average Bonchev–Trinajstić information content (AvgIpc) is 3.60. The number of benzene rings is 2. The molecular weight excluding hydrogens is 465 g/mol. The lowest BCUT2D eigenvalue weighted by atomic mass is 9.93. The number of hydrogen-bond donors (Lipinski definition) is 0. The van der Waals surface area contributed by atoms with Crippen LogP contribution >= 0.6 is 11.3 Å². The number of amides is 3. The summed E-state index contributed by atoms with van der Waals surface area (Å²) < 4.78 is 13.5. The Labute approximate surface area is 206 Å². The van der Waals surface area contributed by atoms with Crippen LogP contribution in [-0.4, -0.2) is 51.6 Å². The Bertz CT molecular complexity index is 1320. The smallest absolute Gasteiger partial charge is 0.274 e. The SMILES string of the molecule is Cc1nc(C(=O)N2CC3CCCC3C2CN2C(=O)c3ccccc3C2=O)c(-c2ccc(F)cc2)s1. The average molecular weight is 490 g/mol. The molecule has 2 aliphatic heterocycles. The van der Waals surface area contributed by atoms with Gasteiger partial charge in [0.1, 0.15) is 11.5 Å². The van der Waals surface area contributed by atoms with Gasteiger partial charge in [0, 0.05) is 6.54 Å². The summed E-state index contributed by atoms with van der Waals surface area (Å²) in [5, 5.41) is 0.754. The van der Waals surface area contributed by atoms with E-state index in [0.717, 1.165) is 29.8 Å². The number of carbonyl (C=O) groups is 3. The quantitative estimate of drug-likeness (QED) is 0.494. The zero-order valence-corrected chi connectivity index (χ0v) is 20.1. The molecule has 35 heavy (non-hydrogen) atoms. The number of rotatable bonds is 4. The van der Waals surface area contributed by atoms with Crippen LogP contribution in [-0.2, 0) is 0 Å². The highest BCUT2D eigenvalue weighted by atomic mass is 32.1. The Morgan fingerprint density at radius 3 is 2.43 bits per heavy atom. The number of imide groups is 1. The topological polar surface area (TPSA) is 70.6 Å². The highest BCUT2D eigenvalue weighted by molar-refractivity contribution is 7.15. The maximum Gasteiger partial charge on any atom is 0.274 e. The molecule has 1 aromatic heterocycles. The summed E-state index contributed by atoms with van der Waals surface area (Å²) in [5.41, 5.74) is 1.94. The molecule has 2 aromatic carbocycles. The number of likely N-dealkylation sites (tertiary alicyclic amines) is 1. The van der Waals surface area contributed by atoms with E-state index in [0.29, 0.717) is 34.2 Å². The van der Waals surface area contributed by atoms with Crippen LogP contribution in [0.15, 0.2) is 48.5 Å². The van der Waals surface area contributed by atoms with Gasteiger partial charge in [-0.05, 0) is 61.4 Å². The number of aryl methyl sites for hydroxylation is 1. The van der Waals surface area contributed by atoms with Crippen LogP contribution in [0, 0.1) is 24.6 Å². The Balaban J connectivity index is 1.33. The Hall–Kier alpha value is -3.39. The summed E-state index contributed by atoms with van der Waals surface area (Å²) in [6.45, 7) is 2.63. The lowest BCUT2D eigenvalue weighted by Crippen LogP contribution is -2.47. The van der Waals surface area contributed by atoms with Crippen LogP contribution in [0.5, 0.6) is 0 Å². The number of aromatic nitrogens is 1. The summed E-state index contributed by atoms with van der Waals surface area (Å²) in [6, 6.07) is 12.7. The molecular formula is C27H24FN3O3S. The summed E-state index contributed by atoms with van der Waals surface area (Å²) in [4.78, 5) is 48.5. The van der Waals surface area contributed by atoms with E-state index in [1.54, 1.807) is 36.4 Å². The van der Waals surface area contributed by atoms with Crippen molar-refractivity contribution in [3.8, 4) is 10.4 Å². The third-order valence-electron chi connectivity index (χ3n) is 7.60. The van der Waals surface area contributed by atoms with Crippen molar-refractivity contribution in [3.63, 3.8) is 0 Å². The molecule has 178 valence electrons. The van der Waals surface area contributed by atoms with Gasteiger partial charge in [-0.25, -0.2) is 9.37 Å². The van der Waals surface area contributed by atoms with E-state index in [2.05, 4.69) is 4.98 Å². The molecule has 0 radical (unpaired) electrons. The van der Waals surface area contributed by atoms with Gasteiger partial charge in [0.05, 0.1) is 33.6 Å². The van der Waals surface area contributed by atoms with E-state index >= 15 is 0 Å². The lowest BCUT2D eigenvalue weighted by Gasteiger charge is -2.30. The van der Waals surface area contributed by atoms with Crippen LogP contribution in [0.4, 0.5) is 4.39 Å². The summed E-state index contributed by atoms with van der Waals surface area (Å²) in [6.07, 6.45) is 3.10. The molecule has 8 heteroatoms. The van der Waals surface area contributed by atoms with Crippen LogP contribution in [0.1, 0.15) is 55.5 Å². The van der Waals surface area contributed by atoms with Gasteiger partial charge in [-0.1, -0.05) is 30.7 Å². The lowest BCUT2D eigenvalue weighted by molar-refractivity contribution is 0.0535. The van der Waals surface area contributed by atoms with Crippen molar-refractivity contribution in [2.75, 3.05) is 13.1 Å². The maximum atomic E-state index is 13.9. The van der Waals surface area contributed by atoms with Crippen molar-refractivity contribution in [2.24, 2.45) is 11.8 Å². The molecule has 0 bridgehead atoms. The second-order valence-electron chi connectivity index (χ2n) is 9.56. The fraction of sp³-hybridized carbons (Fsp3) is 0.333. The summed E-state index contributed by atoms with van der Waals surface area (Å²) in [7, 11) is 0. The van der Waals surface area contributed by atoms with Crippen molar-refractivity contribution < 1.29 is 18.8 Å². The van der Waals surface area contributed by atoms with Gasteiger partial charge >= 0.3 is 0 Å². The first-order valence-electron chi connectivity index (χ1n) is 11.9. The molecule has 0 N–H and O–H groups in total. The highest BCUT2D eigenvalue weighted by Crippen LogP contribution is 2.44. The molecule has 3 aliphatic rings. The number of hydrogen-bond acceptors (Lipinski definition) is 5.